The highest BCUT2D eigenvalue weighted by Crippen LogP contribution is 2.51. The zero-order valence-corrected chi connectivity index (χ0v) is 12.3. The molecular formula is C13H21F2N3O2. The maximum absolute atomic E-state index is 12.5. The van der Waals surface area contributed by atoms with Crippen LogP contribution >= 0.6 is 0 Å². The number of halogens is 2. The Bertz CT molecular complexity index is 449. The molecule has 0 bridgehead atoms. The van der Waals surface area contributed by atoms with Crippen LogP contribution in [0.4, 0.5) is 14.8 Å². The Kier molecular flexibility index (Phi) is 4.27. The summed E-state index contributed by atoms with van der Waals surface area (Å²) >= 11 is 0. The average Bonchev–Trinajstić information content (AvgIpc) is 2.89. The molecule has 2 atom stereocenters. The van der Waals surface area contributed by atoms with E-state index in [-0.39, 0.29) is 23.6 Å². The summed E-state index contributed by atoms with van der Waals surface area (Å²) < 4.78 is 35.6. The van der Waals surface area contributed by atoms with Crippen LogP contribution in [0.15, 0.2) is 4.42 Å². The third-order valence-electron chi connectivity index (χ3n) is 4.73. The molecule has 2 unspecified atom stereocenters. The van der Waals surface area contributed by atoms with Gasteiger partial charge < -0.3 is 14.1 Å². The Hall–Kier alpha value is -1.24. The molecule has 1 heterocycles. The zero-order valence-electron chi connectivity index (χ0n) is 12.3. The van der Waals surface area contributed by atoms with Gasteiger partial charge in [-0.2, -0.15) is 8.78 Å². The summed E-state index contributed by atoms with van der Waals surface area (Å²) in [6.07, 6.45) is 0.183. The van der Waals surface area contributed by atoms with Crippen molar-refractivity contribution in [2.45, 2.75) is 51.7 Å². The van der Waals surface area contributed by atoms with E-state index in [0.717, 1.165) is 19.3 Å². The lowest BCUT2D eigenvalue weighted by molar-refractivity contribution is -0.114. The fourth-order valence-corrected chi connectivity index (χ4v) is 3.37. The van der Waals surface area contributed by atoms with Gasteiger partial charge in [0.25, 0.3) is 5.89 Å². The maximum atomic E-state index is 12.5. The Morgan fingerprint density at radius 2 is 2.05 bits per heavy atom. The molecule has 1 fully saturated rings. The summed E-state index contributed by atoms with van der Waals surface area (Å²) in [6, 6.07) is 0.305. The van der Waals surface area contributed by atoms with Gasteiger partial charge in [0.2, 0.25) is 0 Å². The minimum Gasteiger partial charge on any atom is -0.402 e. The summed E-state index contributed by atoms with van der Waals surface area (Å²) in [5.41, 5.74) is 0.00294. The molecule has 0 aromatic carbocycles. The molecule has 0 saturated heterocycles. The van der Waals surface area contributed by atoms with Crippen LogP contribution in [0.2, 0.25) is 0 Å². The van der Waals surface area contributed by atoms with Crippen molar-refractivity contribution < 1.29 is 17.9 Å². The first-order chi connectivity index (χ1) is 9.50. The van der Waals surface area contributed by atoms with E-state index in [1.807, 2.05) is 0 Å². The molecule has 1 aliphatic rings. The van der Waals surface area contributed by atoms with Gasteiger partial charge in [-0.05, 0) is 19.3 Å². The highest BCUT2D eigenvalue weighted by Gasteiger charge is 2.55. The fraction of sp³-hybridized carbons (Fsp3) is 0.846. The van der Waals surface area contributed by atoms with Crippen molar-refractivity contribution in [3.8, 4) is 0 Å². The van der Waals surface area contributed by atoms with Gasteiger partial charge >= 0.3 is 12.4 Å². The van der Waals surface area contributed by atoms with Crippen LogP contribution in [-0.4, -0.2) is 36.5 Å². The van der Waals surface area contributed by atoms with E-state index in [2.05, 4.69) is 24.0 Å². The molecule has 5 nitrogen and oxygen atoms in total. The topological polar surface area (TPSA) is 51.4 Å². The summed E-state index contributed by atoms with van der Waals surface area (Å²) in [5, 5.41) is 7.09. The Balaban J connectivity index is 2.18. The SMILES string of the molecule is CCC1(CC)C(OC)CC1N(C)c1nnc(C(F)F)o1. The predicted octanol–water partition coefficient (Wildman–Crippen LogP) is 3.04. The number of methoxy groups -OCH3 is 1. The average molecular weight is 289 g/mol. The highest BCUT2D eigenvalue weighted by atomic mass is 19.3. The van der Waals surface area contributed by atoms with E-state index in [1.54, 1.807) is 19.1 Å². The van der Waals surface area contributed by atoms with Crippen LogP contribution in [0, 0.1) is 5.41 Å². The van der Waals surface area contributed by atoms with Gasteiger partial charge in [0, 0.05) is 25.6 Å². The molecule has 1 aliphatic carbocycles. The first-order valence-electron chi connectivity index (χ1n) is 6.87. The van der Waals surface area contributed by atoms with Gasteiger partial charge in [0.15, 0.2) is 0 Å². The number of hydrogen-bond acceptors (Lipinski definition) is 5. The Labute approximate surface area is 117 Å². The van der Waals surface area contributed by atoms with Gasteiger partial charge in [-0.1, -0.05) is 18.9 Å². The van der Waals surface area contributed by atoms with Crippen molar-refractivity contribution in [1.82, 2.24) is 10.2 Å². The van der Waals surface area contributed by atoms with Crippen LogP contribution in [-0.2, 0) is 4.74 Å². The predicted molar refractivity (Wildman–Crippen MR) is 69.9 cm³/mol. The van der Waals surface area contributed by atoms with Gasteiger partial charge in [0.1, 0.15) is 0 Å². The lowest BCUT2D eigenvalue weighted by atomic mass is 9.58. The second-order valence-corrected chi connectivity index (χ2v) is 5.25. The number of anilines is 1. The number of rotatable bonds is 6. The summed E-state index contributed by atoms with van der Waals surface area (Å²) in [5.74, 6) is -0.631. The first kappa shape index (κ1) is 15.2. The van der Waals surface area contributed by atoms with Crippen molar-refractivity contribution in [1.29, 1.82) is 0 Å². The molecule has 1 aromatic rings. The second-order valence-electron chi connectivity index (χ2n) is 5.25. The summed E-state index contributed by atoms with van der Waals surface area (Å²) in [7, 11) is 3.52. The maximum Gasteiger partial charge on any atom is 0.318 e. The molecule has 20 heavy (non-hydrogen) atoms. The van der Waals surface area contributed by atoms with Crippen LogP contribution in [0.25, 0.3) is 0 Å². The normalized spacial score (nSPS) is 24.8. The van der Waals surface area contributed by atoms with E-state index >= 15 is 0 Å². The largest absolute Gasteiger partial charge is 0.402 e. The van der Waals surface area contributed by atoms with Crippen molar-refractivity contribution in [2.75, 3.05) is 19.1 Å². The number of nitrogens with zero attached hydrogens (tertiary/aromatic N) is 3. The molecule has 114 valence electrons. The summed E-state index contributed by atoms with van der Waals surface area (Å²) in [4.78, 5) is 1.81. The summed E-state index contributed by atoms with van der Waals surface area (Å²) in [6.45, 7) is 4.24. The van der Waals surface area contributed by atoms with Gasteiger partial charge in [-0.25, -0.2) is 0 Å². The molecule has 0 radical (unpaired) electrons. The molecule has 0 amide bonds. The van der Waals surface area contributed by atoms with E-state index in [1.165, 1.54) is 0 Å². The monoisotopic (exact) mass is 289 g/mol. The minimum absolute atomic E-state index is 0.00294. The van der Waals surface area contributed by atoms with Gasteiger partial charge in [-0.3, -0.25) is 0 Å². The van der Waals surface area contributed by atoms with Crippen LogP contribution in [0.3, 0.4) is 0 Å². The molecule has 1 saturated carbocycles. The zero-order chi connectivity index (χ0) is 14.9. The second kappa shape index (κ2) is 5.63. The van der Waals surface area contributed by atoms with Crippen LogP contribution in [0.1, 0.15) is 45.4 Å². The first-order valence-corrected chi connectivity index (χ1v) is 6.87. The third-order valence-corrected chi connectivity index (χ3v) is 4.73. The molecule has 1 aromatic heterocycles. The molecule has 0 N–H and O–H groups in total. The number of ether oxygens (including phenoxy) is 1. The Morgan fingerprint density at radius 3 is 2.50 bits per heavy atom. The van der Waals surface area contributed by atoms with E-state index in [9.17, 15) is 8.78 Å². The van der Waals surface area contributed by atoms with Crippen molar-refractivity contribution >= 4 is 6.01 Å². The van der Waals surface area contributed by atoms with Crippen LogP contribution < -0.4 is 4.90 Å². The molecule has 0 spiro atoms. The lowest BCUT2D eigenvalue weighted by Gasteiger charge is -2.57. The number of hydrogen-bond donors (Lipinski definition) is 0. The molecule has 0 aliphatic heterocycles. The van der Waals surface area contributed by atoms with Gasteiger partial charge in [0.05, 0.1) is 6.10 Å². The van der Waals surface area contributed by atoms with Gasteiger partial charge in [-0.15, -0.1) is 5.10 Å². The molecule has 2 rings (SSSR count). The molecular weight excluding hydrogens is 268 g/mol. The van der Waals surface area contributed by atoms with E-state index in [4.69, 9.17) is 9.15 Å². The smallest absolute Gasteiger partial charge is 0.318 e. The van der Waals surface area contributed by atoms with Crippen molar-refractivity contribution in [3.05, 3.63) is 5.89 Å². The minimum atomic E-state index is -2.74. The number of aromatic nitrogens is 2. The highest BCUT2D eigenvalue weighted by molar-refractivity contribution is 5.30. The Morgan fingerprint density at radius 1 is 1.40 bits per heavy atom. The van der Waals surface area contributed by atoms with E-state index < -0.39 is 12.3 Å². The van der Waals surface area contributed by atoms with E-state index in [0.29, 0.717) is 0 Å². The van der Waals surface area contributed by atoms with Crippen molar-refractivity contribution in [3.63, 3.8) is 0 Å². The standard InChI is InChI=1S/C13H21F2N3O2/c1-5-13(6-2)8(7-9(13)19-4)18(3)12-17-16-11(20-12)10(14)15/h8-10H,5-7H2,1-4H3. The quantitative estimate of drug-likeness (QED) is 0.805. The fourth-order valence-electron chi connectivity index (χ4n) is 3.37. The number of alkyl halides is 2. The van der Waals surface area contributed by atoms with Crippen molar-refractivity contribution in [2.24, 2.45) is 5.41 Å². The third kappa shape index (κ3) is 2.17. The lowest BCUT2D eigenvalue weighted by Crippen LogP contribution is -2.63. The van der Waals surface area contributed by atoms with Crippen LogP contribution in [0.5, 0.6) is 0 Å². The molecule has 7 heteroatoms.